The Hall–Kier alpha value is -1.58. The third-order valence-corrected chi connectivity index (χ3v) is 1.31. The summed E-state index contributed by atoms with van der Waals surface area (Å²) in [5.74, 6) is -1.00. The van der Waals surface area contributed by atoms with E-state index in [1.165, 1.54) is 6.33 Å². The van der Waals surface area contributed by atoms with Crippen LogP contribution in [0.15, 0.2) is 12.5 Å². The van der Waals surface area contributed by atoms with Crippen molar-refractivity contribution in [2.75, 3.05) is 0 Å². The molecule has 0 bridgehead atoms. The van der Waals surface area contributed by atoms with Crippen LogP contribution in [0.2, 0.25) is 0 Å². The normalized spacial score (nSPS) is 12.6. The summed E-state index contributed by atoms with van der Waals surface area (Å²) in [4.78, 5) is 16.8. The van der Waals surface area contributed by atoms with Gasteiger partial charge in [-0.25, -0.2) is 4.98 Å². The van der Waals surface area contributed by atoms with Crippen LogP contribution < -0.4 is 5.73 Å². The van der Waals surface area contributed by atoms with E-state index in [-0.39, 0.29) is 6.42 Å². The number of nitrogens with one attached hydrogen (secondary N) is 1. The molecule has 0 aliphatic carbocycles. The first kappa shape index (κ1) is 14.4. The summed E-state index contributed by atoms with van der Waals surface area (Å²) in [6, 6.07) is -0.851. The zero-order valence-corrected chi connectivity index (χ0v) is 7.91. The number of imidazole rings is 1. The number of rotatable bonds is 3. The van der Waals surface area contributed by atoms with Crippen molar-refractivity contribution in [2.45, 2.75) is 12.5 Å². The molecule has 0 aliphatic heterocycles. The molecule has 1 rings (SSSR count). The van der Waals surface area contributed by atoms with Gasteiger partial charge in [0.25, 0.3) is 0 Å². The number of H-pyrrole nitrogens is 1. The Labute approximate surface area is 87.8 Å². The molecule has 1 atom stereocenters. The van der Waals surface area contributed by atoms with Gasteiger partial charge in [0.1, 0.15) is 6.04 Å². The van der Waals surface area contributed by atoms with Crippen molar-refractivity contribution >= 4 is 13.2 Å². The van der Waals surface area contributed by atoms with Gasteiger partial charge in [-0.1, -0.05) is 0 Å². The Morgan fingerprint density at radius 2 is 2.06 bits per heavy atom. The number of hydrogen-bond donors (Lipinski definition) is 3. The van der Waals surface area contributed by atoms with Gasteiger partial charge in [-0.2, -0.15) is 0 Å². The first-order valence-corrected chi connectivity index (χ1v) is 4.03. The molecule has 4 N–H and O–H groups in total. The minimum atomic E-state index is -6.00. The monoisotopic (exact) mass is 242 g/mol. The van der Waals surface area contributed by atoms with Gasteiger partial charge in [-0.3, -0.25) is 4.79 Å². The Morgan fingerprint density at radius 1 is 1.56 bits per heavy atom. The van der Waals surface area contributed by atoms with E-state index in [0.29, 0.717) is 0 Å². The predicted molar refractivity (Wildman–Crippen MR) is 48.1 cm³/mol. The maximum absolute atomic E-state index is 10.3. The predicted octanol–water partition coefficient (Wildman–Crippen LogP) is 0.664. The highest BCUT2D eigenvalue weighted by Crippen LogP contribution is 2.06. The molecule has 0 aromatic carbocycles. The van der Waals surface area contributed by atoms with Crippen molar-refractivity contribution in [3.8, 4) is 0 Å². The number of carbonyl (C=O) groups is 1. The van der Waals surface area contributed by atoms with Crippen molar-refractivity contribution in [3.05, 3.63) is 18.2 Å². The van der Waals surface area contributed by atoms with E-state index in [1.807, 2.05) is 0 Å². The average Bonchev–Trinajstić information content (AvgIpc) is 2.53. The van der Waals surface area contributed by atoms with Crippen LogP contribution in [0.5, 0.6) is 0 Å². The van der Waals surface area contributed by atoms with Crippen molar-refractivity contribution in [1.29, 1.82) is 0 Å². The molecule has 0 spiro atoms. The molecule has 0 aliphatic rings. The van der Waals surface area contributed by atoms with Crippen molar-refractivity contribution in [1.82, 2.24) is 9.97 Å². The molecule has 5 nitrogen and oxygen atoms in total. The number of halogens is 4. The highest BCUT2D eigenvalue weighted by Gasteiger charge is 2.20. The van der Waals surface area contributed by atoms with Crippen LogP contribution in [0.1, 0.15) is 5.69 Å². The number of hydrogen-bond acceptors (Lipinski definition) is 3. The van der Waals surface area contributed by atoms with Gasteiger partial charge in [0.05, 0.1) is 6.33 Å². The van der Waals surface area contributed by atoms with Crippen molar-refractivity contribution in [2.24, 2.45) is 5.73 Å². The number of nitrogens with zero attached hydrogens (tertiary/aromatic N) is 1. The Balaban J connectivity index is 0.000000385. The molecule has 92 valence electrons. The summed E-state index contributed by atoms with van der Waals surface area (Å²) in [5.41, 5.74) is 6.00. The van der Waals surface area contributed by atoms with Gasteiger partial charge in [0, 0.05) is 18.3 Å². The van der Waals surface area contributed by atoms with Crippen LogP contribution in [0.3, 0.4) is 0 Å². The van der Waals surface area contributed by atoms with E-state index in [2.05, 4.69) is 9.97 Å². The Kier molecular flexibility index (Phi) is 5.50. The number of aliphatic carboxylic acids is 1. The van der Waals surface area contributed by atoms with E-state index in [9.17, 15) is 22.1 Å². The van der Waals surface area contributed by atoms with E-state index in [1.54, 1.807) is 6.20 Å². The van der Waals surface area contributed by atoms with Crippen LogP contribution in [0.4, 0.5) is 17.3 Å². The maximum atomic E-state index is 10.3. The molecule has 0 amide bonds. The first-order valence-electron chi connectivity index (χ1n) is 4.03. The molecule has 16 heavy (non-hydrogen) atoms. The van der Waals surface area contributed by atoms with E-state index in [0.717, 1.165) is 5.69 Å². The average molecular weight is 242 g/mol. The van der Waals surface area contributed by atoms with Gasteiger partial charge < -0.3 is 33.1 Å². The maximum Gasteiger partial charge on any atom is 0.673 e. The van der Waals surface area contributed by atoms with Gasteiger partial charge in [-0.15, -0.1) is 0 Å². The van der Waals surface area contributed by atoms with Crippen LogP contribution in [0, 0.1) is 0 Å². The second-order valence-corrected chi connectivity index (χ2v) is 2.72. The number of nitrogens with two attached hydrogens (primary N) is 1. The van der Waals surface area contributed by atoms with E-state index >= 15 is 0 Å². The first-order chi connectivity index (χ1) is 7.20. The number of aromatic amines is 1. The number of carboxylic acid groups (broad SMARTS) is 1. The Bertz CT molecular complexity index is 310. The van der Waals surface area contributed by atoms with Gasteiger partial charge >= 0.3 is 13.2 Å². The lowest BCUT2D eigenvalue weighted by Crippen LogP contribution is -2.32. The second-order valence-electron chi connectivity index (χ2n) is 2.72. The molecule has 0 fully saturated rings. The van der Waals surface area contributed by atoms with Gasteiger partial charge in [0.2, 0.25) is 0 Å². The summed E-state index contributed by atoms with van der Waals surface area (Å²) >= 11 is 0. The van der Waals surface area contributed by atoms with Gasteiger partial charge in [-0.05, 0) is 0 Å². The zero-order chi connectivity index (χ0) is 12.8. The fourth-order valence-corrected chi connectivity index (χ4v) is 0.721. The van der Waals surface area contributed by atoms with Crippen LogP contribution in [-0.4, -0.2) is 34.3 Å². The summed E-state index contributed by atoms with van der Waals surface area (Å²) in [5, 5.41) is 8.42. The molecule has 0 saturated carbocycles. The lowest BCUT2D eigenvalue weighted by atomic mass is 10.2. The third-order valence-electron chi connectivity index (χ3n) is 1.31. The smallest absolute Gasteiger partial charge is 0.480 e. The molecule has 1 aromatic heterocycles. The minimum absolute atomic E-state index is 0.287. The summed E-state index contributed by atoms with van der Waals surface area (Å²) in [7, 11) is -6.00. The zero-order valence-electron chi connectivity index (χ0n) is 7.91. The molecule has 1 heterocycles. The molecular formula is C6H9BF4N3O2-. The second kappa shape index (κ2) is 6.11. The summed E-state index contributed by atoms with van der Waals surface area (Å²) < 4.78 is 39.0. The lowest BCUT2D eigenvalue weighted by Gasteiger charge is -2.02. The standard InChI is InChI=1S/C6H9N3O2.BF4/c7-5(6(10)11)1-4-2-8-3-9-4;2-1(3,4)5/h2-3,5H,1,7H2,(H,8,9)(H,10,11);/q;-1. The largest absolute Gasteiger partial charge is 0.673 e. The molecular weight excluding hydrogens is 233 g/mol. The molecule has 1 aromatic rings. The van der Waals surface area contributed by atoms with Crippen LogP contribution in [0.25, 0.3) is 0 Å². The molecule has 1 unspecified atom stereocenters. The quantitative estimate of drug-likeness (QED) is 0.536. The SMILES string of the molecule is F[B-](F)(F)F.NC(Cc1cnc[nH]1)C(=O)O. The van der Waals surface area contributed by atoms with Crippen LogP contribution >= 0.6 is 0 Å². The minimum Gasteiger partial charge on any atom is -0.480 e. The number of aromatic nitrogens is 2. The lowest BCUT2D eigenvalue weighted by molar-refractivity contribution is -0.138. The summed E-state index contributed by atoms with van der Waals surface area (Å²) in [6.07, 6.45) is 3.34. The molecule has 0 saturated heterocycles. The fourth-order valence-electron chi connectivity index (χ4n) is 0.721. The summed E-state index contributed by atoms with van der Waals surface area (Å²) in [6.45, 7) is 0. The van der Waals surface area contributed by atoms with E-state index in [4.69, 9.17) is 10.8 Å². The van der Waals surface area contributed by atoms with Gasteiger partial charge in [0.15, 0.2) is 0 Å². The Morgan fingerprint density at radius 3 is 2.38 bits per heavy atom. The fraction of sp³-hybridized carbons (Fsp3) is 0.333. The topological polar surface area (TPSA) is 92.0 Å². The third kappa shape index (κ3) is 9.00. The highest BCUT2D eigenvalue weighted by molar-refractivity contribution is 6.50. The highest BCUT2D eigenvalue weighted by atomic mass is 19.5. The molecule has 10 heteroatoms. The molecule has 0 radical (unpaired) electrons. The van der Waals surface area contributed by atoms with Crippen molar-refractivity contribution in [3.63, 3.8) is 0 Å². The van der Waals surface area contributed by atoms with E-state index < -0.39 is 19.3 Å². The van der Waals surface area contributed by atoms with Crippen LogP contribution in [-0.2, 0) is 11.2 Å². The number of carboxylic acids is 1. The van der Waals surface area contributed by atoms with Crippen molar-refractivity contribution < 1.29 is 27.2 Å².